The van der Waals surface area contributed by atoms with Crippen molar-refractivity contribution in [2.24, 2.45) is 0 Å². The Hall–Kier alpha value is -2.48. The Balaban J connectivity index is 1.88. The van der Waals surface area contributed by atoms with Crippen LogP contribution < -0.4 is 11.2 Å². The number of halogens is 2. The van der Waals surface area contributed by atoms with Crippen molar-refractivity contribution < 1.29 is 0 Å². The van der Waals surface area contributed by atoms with Gasteiger partial charge in [-0.15, -0.1) is 11.3 Å². The molecule has 0 saturated heterocycles. The van der Waals surface area contributed by atoms with Gasteiger partial charge in [0.2, 0.25) is 0 Å². The van der Waals surface area contributed by atoms with Gasteiger partial charge in [-0.2, -0.15) is 4.98 Å². The van der Waals surface area contributed by atoms with E-state index in [1.165, 1.54) is 11.3 Å². The molecule has 2 aromatic rings. The van der Waals surface area contributed by atoms with E-state index in [1.54, 1.807) is 53.4 Å². The molecule has 0 N–H and O–H groups in total. The first-order chi connectivity index (χ1) is 12.5. The largest absolute Gasteiger partial charge is 0.357 e. The van der Waals surface area contributed by atoms with E-state index in [4.69, 9.17) is 23.2 Å². The molecule has 4 rings (SSSR count). The van der Waals surface area contributed by atoms with Crippen LogP contribution in [0.2, 0.25) is 9.49 Å². The highest BCUT2D eigenvalue weighted by Gasteiger charge is 2.18. The molecule has 0 saturated carbocycles. The Morgan fingerprint density at radius 2 is 1.85 bits per heavy atom. The number of hydrogen-bond donors (Lipinski definition) is 0. The lowest BCUT2D eigenvalue weighted by molar-refractivity contribution is 0.759. The van der Waals surface area contributed by atoms with Gasteiger partial charge in [0, 0.05) is 22.3 Å². The van der Waals surface area contributed by atoms with Crippen molar-refractivity contribution in [3.8, 4) is 17.1 Å². The molecule has 2 aliphatic rings. The smallest absolute Gasteiger partial charge is 0.327 e. The minimum atomic E-state index is -0.646. The highest BCUT2D eigenvalue weighted by molar-refractivity contribution is 7.15. The summed E-state index contributed by atoms with van der Waals surface area (Å²) in [6.45, 7) is 0.415. The molecule has 3 heterocycles. The summed E-state index contributed by atoms with van der Waals surface area (Å²) in [5.74, 6) is 0.317. The summed E-state index contributed by atoms with van der Waals surface area (Å²) in [5, 5.41) is 0.518. The molecule has 130 valence electrons. The maximum absolute atomic E-state index is 12.9. The predicted molar refractivity (Wildman–Crippen MR) is 102 cm³/mol. The van der Waals surface area contributed by atoms with Crippen molar-refractivity contribution >= 4 is 34.5 Å². The zero-order valence-electron chi connectivity index (χ0n) is 13.1. The molecule has 0 atom stereocenters. The average molecular weight is 405 g/mol. The third-order valence-electron chi connectivity index (χ3n) is 3.80. The lowest BCUT2D eigenvalue weighted by Gasteiger charge is -2.14. The van der Waals surface area contributed by atoms with Gasteiger partial charge < -0.3 is 4.57 Å². The van der Waals surface area contributed by atoms with Crippen molar-refractivity contribution in [1.82, 2.24) is 19.1 Å². The van der Waals surface area contributed by atoms with Gasteiger partial charge in [0.15, 0.2) is 10.3 Å². The quantitative estimate of drug-likeness (QED) is 0.525. The van der Waals surface area contributed by atoms with Gasteiger partial charge in [-0.05, 0) is 36.4 Å². The van der Waals surface area contributed by atoms with E-state index < -0.39 is 11.2 Å². The number of pyridine rings is 1. The summed E-state index contributed by atoms with van der Waals surface area (Å²) in [5.41, 5.74) is -0.313. The molecule has 0 fully saturated rings. The van der Waals surface area contributed by atoms with Crippen LogP contribution in [0.25, 0.3) is 17.1 Å². The van der Waals surface area contributed by atoms with Crippen LogP contribution in [-0.2, 0) is 6.54 Å². The van der Waals surface area contributed by atoms with Gasteiger partial charge in [-0.3, -0.25) is 4.79 Å². The molecule has 9 heteroatoms. The van der Waals surface area contributed by atoms with Crippen molar-refractivity contribution in [1.29, 1.82) is 0 Å². The van der Waals surface area contributed by atoms with E-state index in [0.29, 0.717) is 33.1 Å². The lowest BCUT2D eigenvalue weighted by atomic mass is 10.2. The molecule has 2 aliphatic heterocycles. The molecule has 0 unspecified atom stereocenters. The first kappa shape index (κ1) is 17.0. The molecular formula is C17H10Cl2N4O2S. The van der Waals surface area contributed by atoms with Crippen LogP contribution in [0, 0.1) is 0 Å². The summed E-state index contributed by atoms with van der Waals surface area (Å²) in [4.78, 5) is 34.4. The van der Waals surface area contributed by atoms with Crippen LogP contribution in [-0.4, -0.2) is 19.1 Å². The number of benzene rings is 1. The minimum Gasteiger partial charge on any atom is -0.327 e. The second-order valence-electron chi connectivity index (χ2n) is 5.46. The zero-order valence-corrected chi connectivity index (χ0v) is 15.4. The number of hydrogen-bond acceptors (Lipinski definition) is 5. The van der Waals surface area contributed by atoms with E-state index in [1.807, 2.05) is 0 Å². The molecule has 1 aromatic heterocycles. The predicted octanol–water partition coefficient (Wildman–Crippen LogP) is 3.31. The van der Waals surface area contributed by atoms with Crippen LogP contribution in [0.15, 0.2) is 58.4 Å². The third kappa shape index (κ3) is 3.05. The molecule has 1 aromatic carbocycles. The second kappa shape index (κ2) is 6.68. The standard InChI is InChI=1S/C17H10Cl2N4O2S/c18-10-3-5-11(6-4-10)23-15(24)13-2-1-7-22(14(13)21-17(23)25)9-12-8-20-16(19)26-12/h1-8H,9H2. The maximum atomic E-state index is 12.9. The molecule has 0 aliphatic carbocycles. The number of aromatic nitrogens is 4. The summed E-state index contributed by atoms with van der Waals surface area (Å²) >= 11 is 13.1. The summed E-state index contributed by atoms with van der Waals surface area (Å²) in [6, 6.07) is 9.83. The Bertz CT molecular complexity index is 1180. The fraction of sp³-hybridized carbons (Fsp3) is 0.0588. The Morgan fingerprint density at radius 1 is 1.08 bits per heavy atom. The van der Waals surface area contributed by atoms with Gasteiger partial charge in [-0.1, -0.05) is 23.2 Å². The monoisotopic (exact) mass is 404 g/mol. The maximum Gasteiger partial charge on any atom is 0.357 e. The van der Waals surface area contributed by atoms with Gasteiger partial charge in [0.05, 0.1) is 17.8 Å². The van der Waals surface area contributed by atoms with Crippen LogP contribution in [0.3, 0.4) is 0 Å². The average Bonchev–Trinajstić information content (AvgIpc) is 3.02. The second-order valence-corrected chi connectivity index (χ2v) is 7.60. The highest BCUT2D eigenvalue weighted by Crippen LogP contribution is 2.21. The first-order valence-electron chi connectivity index (χ1n) is 7.51. The van der Waals surface area contributed by atoms with Crippen LogP contribution in [0.5, 0.6) is 0 Å². The number of rotatable bonds is 3. The van der Waals surface area contributed by atoms with Crippen LogP contribution in [0.4, 0.5) is 0 Å². The molecule has 0 radical (unpaired) electrons. The third-order valence-corrected chi connectivity index (χ3v) is 5.16. The normalized spacial score (nSPS) is 11.2. The molecule has 26 heavy (non-hydrogen) atoms. The number of nitrogens with zero attached hydrogens (tertiary/aromatic N) is 4. The van der Waals surface area contributed by atoms with Crippen molar-refractivity contribution in [2.75, 3.05) is 0 Å². The Morgan fingerprint density at radius 3 is 2.54 bits per heavy atom. The Labute approximate surface area is 161 Å². The van der Waals surface area contributed by atoms with E-state index in [2.05, 4.69) is 9.97 Å². The highest BCUT2D eigenvalue weighted by atomic mass is 35.5. The molecule has 0 spiro atoms. The molecular weight excluding hydrogens is 395 g/mol. The summed E-state index contributed by atoms with van der Waals surface area (Å²) < 4.78 is 3.20. The fourth-order valence-electron chi connectivity index (χ4n) is 2.65. The number of thiazole rings is 1. The minimum absolute atomic E-state index is 0.317. The first-order valence-corrected chi connectivity index (χ1v) is 9.08. The fourth-order valence-corrected chi connectivity index (χ4v) is 3.76. The van der Waals surface area contributed by atoms with Crippen molar-refractivity contribution in [3.63, 3.8) is 0 Å². The Kier molecular flexibility index (Phi) is 4.36. The van der Waals surface area contributed by atoms with Gasteiger partial charge in [0.1, 0.15) is 0 Å². The zero-order chi connectivity index (χ0) is 18.3. The van der Waals surface area contributed by atoms with Crippen molar-refractivity contribution in [3.05, 3.63) is 84.0 Å². The summed E-state index contributed by atoms with van der Waals surface area (Å²) in [6.07, 6.45) is 3.42. The van der Waals surface area contributed by atoms with E-state index >= 15 is 0 Å². The molecule has 0 bridgehead atoms. The van der Waals surface area contributed by atoms with Gasteiger partial charge in [-0.25, -0.2) is 14.3 Å². The van der Waals surface area contributed by atoms with Crippen LogP contribution >= 0.6 is 34.5 Å². The van der Waals surface area contributed by atoms with E-state index in [9.17, 15) is 9.59 Å². The van der Waals surface area contributed by atoms with Crippen LogP contribution in [0.1, 0.15) is 4.88 Å². The number of fused-ring (bicyclic) bond motifs is 1. The summed E-state index contributed by atoms with van der Waals surface area (Å²) in [7, 11) is 0. The topological polar surface area (TPSA) is 69.8 Å². The molecule has 6 nitrogen and oxygen atoms in total. The SMILES string of the molecule is O=c1nc2n(Cc3cnc(Cl)s3)cccc-2c(=O)n1-c1ccc(Cl)cc1. The lowest BCUT2D eigenvalue weighted by Crippen LogP contribution is -2.36. The van der Waals surface area contributed by atoms with Crippen molar-refractivity contribution in [2.45, 2.75) is 6.54 Å². The van der Waals surface area contributed by atoms with E-state index in [0.717, 1.165) is 9.44 Å². The van der Waals surface area contributed by atoms with Gasteiger partial charge in [0.25, 0.3) is 5.56 Å². The van der Waals surface area contributed by atoms with E-state index in [-0.39, 0.29) is 0 Å². The van der Waals surface area contributed by atoms with Gasteiger partial charge >= 0.3 is 5.69 Å². The molecule has 0 amide bonds.